The third-order valence-corrected chi connectivity index (χ3v) is 1.59. The number of hydrogen-bond donors (Lipinski definition) is 0. The standard InChI is InChI=1S/C5H10.C5H4/c1-5-3-2-4-5;1-3-5-4-2/h5H,2-4H2,1H3;1H,2H3. The van der Waals surface area contributed by atoms with Crippen molar-refractivity contribution in [2.45, 2.75) is 33.1 Å². The van der Waals surface area contributed by atoms with E-state index in [2.05, 4.69) is 24.7 Å². The molecule has 1 aliphatic rings. The molecule has 0 unspecified atom stereocenters. The first-order chi connectivity index (χ1) is 4.81. The van der Waals surface area contributed by atoms with Crippen LogP contribution in [0.2, 0.25) is 0 Å². The van der Waals surface area contributed by atoms with Crippen molar-refractivity contribution in [2.24, 2.45) is 5.92 Å². The van der Waals surface area contributed by atoms with Gasteiger partial charge in [-0.3, -0.25) is 0 Å². The molecule has 0 heteroatoms. The third-order valence-electron chi connectivity index (χ3n) is 1.59. The van der Waals surface area contributed by atoms with E-state index in [1.807, 2.05) is 0 Å². The van der Waals surface area contributed by atoms with Gasteiger partial charge in [-0.05, 0) is 24.7 Å². The summed E-state index contributed by atoms with van der Waals surface area (Å²) in [5.41, 5.74) is 0. The van der Waals surface area contributed by atoms with Gasteiger partial charge in [-0.1, -0.05) is 32.1 Å². The number of hydrogen-bond acceptors (Lipinski definition) is 0. The molecule has 10 heavy (non-hydrogen) atoms. The van der Waals surface area contributed by atoms with Crippen LogP contribution in [0.4, 0.5) is 0 Å². The first kappa shape index (κ1) is 9.12. The molecular formula is C10H14. The summed E-state index contributed by atoms with van der Waals surface area (Å²) in [5, 5.41) is 0. The average molecular weight is 134 g/mol. The first-order valence-corrected chi connectivity index (χ1v) is 3.68. The lowest BCUT2D eigenvalue weighted by Crippen LogP contribution is -2.04. The molecule has 0 bridgehead atoms. The second kappa shape index (κ2) is 6.24. The maximum Gasteiger partial charge on any atom is -0.00168 e. The molecule has 0 nitrogen and oxygen atoms in total. The molecule has 0 aromatic carbocycles. The normalized spacial score (nSPS) is 14.5. The van der Waals surface area contributed by atoms with Gasteiger partial charge in [0.2, 0.25) is 0 Å². The third kappa shape index (κ3) is 5.26. The van der Waals surface area contributed by atoms with E-state index in [0.717, 1.165) is 5.92 Å². The Morgan fingerprint density at radius 2 is 1.90 bits per heavy atom. The van der Waals surface area contributed by atoms with Gasteiger partial charge in [-0.15, -0.1) is 6.42 Å². The van der Waals surface area contributed by atoms with Crippen molar-refractivity contribution in [2.75, 3.05) is 0 Å². The fourth-order valence-electron chi connectivity index (χ4n) is 0.685. The highest BCUT2D eigenvalue weighted by atomic mass is 14.1. The molecule has 0 radical (unpaired) electrons. The maximum absolute atomic E-state index is 4.72. The summed E-state index contributed by atoms with van der Waals surface area (Å²) in [7, 11) is 0. The Hall–Kier alpha value is -0.880. The topological polar surface area (TPSA) is 0 Å². The second-order valence-electron chi connectivity index (χ2n) is 2.56. The molecule has 0 amide bonds. The summed E-state index contributed by atoms with van der Waals surface area (Å²) >= 11 is 0. The van der Waals surface area contributed by atoms with Crippen LogP contribution in [0.1, 0.15) is 33.1 Å². The molecule has 0 aromatic rings. The minimum atomic E-state index is 1.06. The molecule has 0 N–H and O–H groups in total. The van der Waals surface area contributed by atoms with E-state index < -0.39 is 0 Å². The molecular weight excluding hydrogens is 120 g/mol. The van der Waals surface area contributed by atoms with Gasteiger partial charge < -0.3 is 0 Å². The molecule has 0 saturated heterocycles. The quantitative estimate of drug-likeness (QED) is 0.446. The summed E-state index contributed by atoms with van der Waals surface area (Å²) in [6, 6.07) is 0. The van der Waals surface area contributed by atoms with Crippen LogP contribution in [-0.4, -0.2) is 0 Å². The lowest BCUT2D eigenvalue weighted by Gasteiger charge is -2.18. The molecule has 0 atom stereocenters. The van der Waals surface area contributed by atoms with Gasteiger partial charge in [-0.25, -0.2) is 0 Å². The lowest BCUT2D eigenvalue weighted by atomic mass is 9.88. The van der Waals surface area contributed by atoms with E-state index in [-0.39, 0.29) is 0 Å². The van der Waals surface area contributed by atoms with Gasteiger partial charge in [0.1, 0.15) is 0 Å². The van der Waals surface area contributed by atoms with Crippen LogP contribution in [-0.2, 0) is 0 Å². The highest BCUT2D eigenvalue weighted by Crippen LogP contribution is 2.24. The van der Waals surface area contributed by atoms with Crippen molar-refractivity contribution < 1.29 is 0 Å². The van der Waals surface area contributed by atoms with Gasteiger partial charge in [0.05, 0.1) is 0 Å². The zero-order valence-electron chi connectivity index (χ0n) is 6.78. The van der Waals surface area contributed by atoms with Crippen molar-refractivity contribution >= 4 is 0 Å². The highest BCUT2D eigenvalue weighted by molar-refractivity contribution is 5.20. The van der Waals surface area contributed by atoms with E-state index in [1.54, 1.807) is 6.92 Å². The van der Waals surface area contributed by atoms with Crippen molar-refractivity contribution in [3.63, 3.8) is 0 Å². The summed E-state index contributed by atoms with van der Waals surface area (Å²) in [5.74, 6) is 8.14. The van der Waals surface area contributed by atoms with E-state index >= 15 is 0 Å². The molecule has 54 valence electrons. The summed E-state index contributed by atoms with van der Waals surface area (Å²) < 4.78 is 0. The second-order valence-corrected chi connectivity index (χ2v) is 2.56. The summed E-state index contributed by atoms with van der Waals surface area (Å²) in [6.07, 6.45) is 9.17. The number of terminal acetylenes is 1. The highest BCUT2D eigenvalue weighted by Gasteiger charge is 2.09. The van der Waals surface area contributed by atoms with Crippen LogP contribution in [0.25, 0.3) is 0 Å². The Morgan fingerprint density at radius 1 is 1.40 bits per heavy atom. The Labute approximate surface area is 64.0 Å². The molecule has 1 fully saturated rings. The molecule has 0 spiro atoms. The molecule has 1 aliphatic carbocycles. The van der Waals surface area contributed by atoms with Gasteiger partial charge in [0.25, 0.3) is 0 Å². The monoisotopic (exact) mass is 134 g/mol. The fourth-order valence-corrected chi connectivity index (χ4v) is 0.685. The minimum absolute atomic E-state index is 1.06. The zero-order chi connectivity index (χ0) is 7.82. The maximum atomic E-state index is 4.72. The van der Waals surface area contributed by atoms with E-state index in [0.29, 0.717) is 0 Å². The van der Waals surface area contributed by atoms with Crippen molar-refractivity contribution in [1.82, 2.24) is 0 Å². The Bertz CT molecular complexity index is 157. The van der Waals surface area contributed by atoms with Crippen LogP contribution >= 0.6 is 0 Å². The average Bonchev–Trinajstić information content (AvgIpc) is 1.87. The van der Waals surface area contributed by atoms with Gasteiger partial charge in [-0.2, -0.15) is 0 Å². The summed E-state index contributed by atoms with van der Waals surface area (Å²) in [4.78, 5) is 0. The van der Waals surface area contributed by atoms with E-state index in [9.17, 15) is 0 Å². The zero-order valence-corrected chi connectivity index (χ0v) is 6.78. The van der Waals surface area contributed by atoms with Crippen LogP contribution in [0.3, 0.4) is 0 Å². The molecule has 0 aliphatic heterocycles. The molecule has 1 rings (SSSR count). The fraction of sp³-hybridized carbons (Fsp3) is 0.600. The van der Waals surface area contributed by atoms with Crippen molar-refractivity contribution in [3.8, 4) is 24.2 Å². The predicted molar refractivity (Wildman–Crippen MR) is 45.3 cm³/mol. The Balaban J connectivity index is 0.000000162. The predicted octanol–water partition coefficient (Wildman–Crippen LogP) is 2.45. The van der Waals surface area contributed by atoms with Gasteiger partial charge in [0.15, 0.2) is 0 Å². The first-order valence-electron chi connectivity index (χ1n) is 3.68. The Kier molecular flexibility index (Phi) is 5.69. The van der Waals surface area contributed by atoms with Gasteiger partial charge >= 0.3 is 0 Å². The smallest absolute Gasteiger partial charge is 0.00168 e. The lowest BCUT2D eigenvalue weighted by molar-refractivity contribution is 0.346. The molecule has 0 heterocycles. The van der Waals surface area contributed by atoms with Crippen LogP contribution in [0, 0.1) is 30.1 Å². The summed E-state index contributed by atoms with van der Waals surface area (Å²) in [6.45, 7) is 4.02. The largest absolute Gasteiger partial charge is 0.106 e. The SMILES string of the molecule is C#CC#CC.CC1CCC1. The van der Waals surface area contributed by atoms with E-state index in [4.69, 9.17) is 6.42 Å². The van der Waals surface area contributed by atoms with Gasteiger partial charge in [0, 0.05) is 0 Å². The van der Waals surface area contributed by atoms with Crippen LogP contribution in [0.15, 0.2) is 0 Å². The molecule has 0 aromatic heterocycles. The van der Waals surface area contributed by atoms with Crippen LogP contribution < -0.4 is 0 Å². The molecule has 1 saturated carbocycles. The Morgan fingerprint density at radius 3 is 1.90 bits per heavy atom. The van der Waals surface area contributed by atoms with Crippen molar-refractivity contribution in [1.29, 1.82) is 0 Å². The van der Waals surface area contributed by atoms with Crippen molar-refractivity contribution in [3.05, 3.63) is 0 Å². The number of rotatable bonds is 0. The van der Waals surface area contributed by atoms with E-state index in [1.165, 1.54) is 19.3 Å². The van der Waals surface area contributed by atoms with Crippen LogP contribution in [0.5, 0.6) is 0 Å². The minimum Gasteiger partial charge on any atom is -0.106 e.